The molecule has 3 heteroatoms. The van der Waals surface area contributed by atoms with Crippen molar-refractivity contribution >= 4 is 11.5 Å². The Hall–Kier alpha value is -1.19. The van der Waals surface area contributed by atoms with Gasteiger partial charge in [0.2, 0.25) is 0 Å². The lowest BCUT2D eigenvalue weighted by molar-refractivity contribution is 0.685. The highest BCUT2D eigenvalue weighted by atomic mass is 32.1. The molecule has 0 aliphatic heterocycles. The first-order valence-electron chi connectivity index (χ1n) is 4.59. The van der Waals surface area contributed by atoms with Crippen LogP contribution in [-0.2, 0) is 13.1 Å². The number of aromatic nitrogens is 1. The Morgan fingerprint density at radius 3 is 2.64 bits per heavy atom. The third-order valence-electron chi connectivity index (χ3n) is 1.97. The van der Waals surface area contributed by atoms with Gasteiger partial charge in [-0.05, 0) is 23.2 Å². The summed E-state index contributed by atoms with van der Waals surface area (Å²) in [5.41, 5.74) is 2.42. The lowest BCUT2D eigenvalue weighted by atomic mass is 10.2. The van der Waals surface area contributed by atoms with Crippen LogP contribution in [0.4, 0.5) is 0 Å². The summed E-state index contributed by atoms with van der Waals surface area (Å²) in [6.45, 7) is 1.75. The van der Waals surface area contributed by atoms with E-state index < -0.39 is 0 Å². The van der Waals surface area contributed by atoms with Gasteiger partial charge in [-0.1, -0.05) is 30.3 Å². The first kappa shape index (κ1) is 9.37. The fourth-order valence-corrected chi connectivity index (χ4v) is 1.80. The third-order valence-corrected chi connectivity index (χ3v) is 2.57. The van der Waals surface area contributed by atoms with Crippen LogP contribution in [0, 0.1) is 0 Å². The van der Waals surface area contributed by atoms with E-state index in [1.54, 1.807) is 0 Å². The maximum absolute atomic E-state index is 4.23. The van der Waals surface area contributed by atoms with Gasteiger partial charge < -0.3 is 5.32 Å². The molecule has 14 heavy (non-hydrogen) atoms. The van der Waals surface area contributed by atoms with E-state index in [9.17, 15) is 0 Å². The zero-order chi connectivity index (χ0) is 9.64. The van der Waals surface area contributed by atoms with Crippen LogP contribution in [0.2, 0.25) is 0 Å². The number of hydrogen-bond donors (Lipinski definition) is 1. The molecule has 1 N–H and O–H groups in total. The topological polar surface area (TPSA) is 24.9 Å². The number of nitrogens with zero attached hydrogens (tertiary/aromatic N) is 1. The Labute approximate surface area is 87.8 Å². The maximum atomic E-state index is 4.23. The molecule has 1 aromatic heterocycles. The zero-order valence-corrected chi connectivity index (χ0v) is 8.63. The summed E-state index contributed by atoms with van der Waals surface area (Å²) in [4.78, 5) is 0. The normalized spacial score (nSPS) is 10.3. The van der Waals surface area contributed by atoms with Crippen molar-refractivity contribution in [1.82, 2.24) is 9.69 Å². The van der Waals surface area contributed by atoms with E-state index in [1.807, 2.05) is 17.5 Å². The van der Waals surface area contributed by atoms with Crippen molar-refractivity contribution < 1.29 is 0 Å². The summed E-state index contributed by atoms with van der Waals surface area (Å²) in [5.74, 6) is 0. The molecular weight excluding hydrogens is 192 g/mol. The SMILES string of the molecule is c1ccc(CNCc2ccsn2)cc1. The van der Waals surface area contributed by atoms with Crippen molar-refractivity contribution in [3.63, 3.8) is 0 Å². The van der Waals surface area contributed by atoms with Crippen molar-refractivity contribution in [2.24, 2.45) is 0 Å². The largest absolute Gasteiger partial charge is 0.307 e. The first-order chi connectivity index (χ1) is 6.95. The molecule has 0 aliphatic rings. The van der Waals surface area contributed by atoms with E-state index in [0.717, 1.165) is 18.8 Å². The molecule has 0 fully saturated rings. The Morgan fingerprint density at radius 1 is 1.07 bits per heavy atom. The molecule has 2 nitrogen and oxygen atoms in total. The Kier molecular flexibility index (Phi) is 3.27. The third kappa shape index (κ3) is 2.65. The number of nitrogens with one attached hydrogen (secondary N) is 1. The fourth-order valence-electron chi connectivity index (χ4n) is 1.26. The average Bonchev–Trinajstić information content (AvgIpc) is 2.72. The number of rotatable bonds is 4. The summed E-state index contributed by atoms with van der Waals surface area (Å²) in [7, 11) is 0. The molecule has 1 aromatic carbocycles. The predicted octanol–water partition coefficient (Wildman–Crippen LogP) is 2.43. The minimum absolute atomic E-state index is 0.846. The summed E-state index contributed by atoms with van der Waals surface area (Å²) in [6, 6.07) is 12.4. The molecule has 0 amide bonds. The Bertz CT molecular complexity index is 356. The molecule has 2 aromatic rings. The van der Waals surface area contributed by atoms with E-state index in [1.165, 1.54) is 17.1 Å². The number of hydrogen-bond acceptors (Lipinski definition) is 3. The van der Waals surface area contributed by atoms with E-state index in [4.69, 9.17) is 0 Å². The van der Waals surface area contributed by atoms with Gasteiger partial charge in [-0.3, -0.25) is 0 Å². The molecule has 1 heterocycles. The zero-order valence-electron chi connectivity index (χ0n) is 7.81. The number of benzene rings is 1. The van der Waals surface area contributed by atoms with E-state index in [2.05, 4.69) is 34.0 Å². The van der Waals surface area contributed by atoms with E-state index >= 15 is 0 Å². The van der Waals surface area contributed by atoms with E-state index in [0.29, 0.717) is 0 Å². The highest BCUT2D eigenvalue weighted by molar-refractivity contribution is 7.03. The molecule has 0 saturated carbocycles. The smallest absolute Gasteiger partial charge is 0.0680 e. The van der Waals surface area contributed by atoms with Crippen LogP contribution in [0.1, 0.15) is 11.3 Å². The van der Waals surface area contributed by atoms with Crippen LogP contribution in [0.15, 0.2) is 41.8 Å². The van der Waals surface area contributed by atoms with Gasteiger partial charge in [0.25, 0.3) is 0 Å². The molecule has 0 bridgehead atoms. The molecular formula is C11H12N2S. The molecule has 0 atom stereocenters. The predicted molar refractivity (Wildman–Crippen MR) is 59.1 cm³/mol. The fraction of sp³-hybridized carbons (Fsp3) is 0.182. The van der Waals surface area contributed by atoms with Crippen LogP contribution >= 0.6 is 11.5 Å². The molecule has 72 valence electrons. The van der Waals surface area contributed by atoms with Crippen molar-refractivity contribution in [2.45, 2.75) is 13.1 Å². The van der Waals surface area contributed by atoms with Crippen molar-refractivity contribution in [2.75, 3.05) is 0 Å². The van der Waals surface area contributed by atoms with E-state index in [-0.39, 0.29) is 0 Å². The lowest BCUT2D eigenvalue weighted by Crippen LogP contribution is -2.12. The summed E-state index contributed by atoms with van der Waals surface area (Å²) in [5, 5.41) is 5.35. The molecule has 0 saturated heterocycles. The molecule has 2 rings (SSSR count). The van der Waals surface area contributed by atoms with Gasteiger partial charge in [-0.2, -0.15) is 4.37 Å². The van der Waals surface area contributed by atoms with Crippen LogP contribution in [0.25, 0.3) is 0 Å². The van der Waals surface area contributed by atoms with Crippen molar-refractivity contribution in [3.8, 4) is 0 Å². The van der Waals surface area contributed by atoms with Gasteiger partial charge in [0, 0.05) is 18.5 Å². The summed E-state index contributed by atoms with van der Waals surface area (Å²) >= 11 is 1.50. The minimum atomic E-state index is 0.846. The van der Waals surface area contributed by atoms with Gasteiger partial charge >= 0.3 is 0 Å². The second-order valence-corrected chi connectivity index (χ2v) is 3.75. The van der Waals surface area contributed by atoms with Gasteiger partial charge in [-0.15, -0.1) is 0 Å². The van der Waals surface area contributed by atoms with Crippen molar-refractivity contribution in [1.29, 1.82) is 0 Å². The average molecular weight is 204 g/mol. The minimum Gasteiger partial charge on any atom is -0.307 e. The van der Waals surface area contributed by atoms with Crippen molar-refractivity contribution in [3.05, 3.63) is 53.0 Å². The van der Waals surface area contributed by atoms with Crippen LogP contribution in [-0.4, -0.2) is 4.37 Å². The van der Waals surface area contributed by atoms with Gasteiger partial charge in [0.05, 0.1) is 5.69 Å². The highest BCUT2D eigenvalue weighted by Gasteiger charge is 1.94. The van der Waals surface area contributed by atoms with Crippen LogP contribution in [0.5, 0.6) is 0 Å². The molecule has 0 aliphatic carbocycles. The quantitative estimate of drug-likeness (QED) is 0.827. The highest BCUT2D eigenvalue weighted by Crippen LogP contribution is 2.01. The summed E-state index contributed by atoms with van der Waals surface area (Å²) < 4.78 is 4.23. The van der Waals surface area contributed by atoms with Crippen LogP contribution < -0.4 is 5.32 Å². The second-order valence-electron chi connectivity index (χ2n) is 3.08. The second kappa shape index (κ2) is 4.88. The Morgan fingerprint density at radius 2 is 1.93 bits per heavy atom. The van der Waals surface area contributed by atoms with Gasteiger partial charge in [0.1, 0.15) is 0 Å². The molecule has 0 radical (unpaired) electrons. The monoisotopic (exact) mass is 204 g/mol. The summed E-state index contributed by atoms with van der Waals surface area (Å²) in [6.07, 6.45) is 0. The van der Waals surface area contributed by atoms with Crippen LogP contribution in [0.3, 0.4) is 0 Å². The lowest BCUT2D eigenvalue weighted by Gasteiger charge is -2.01. The first-order valence-corrected chi connectivity index (χ1v) is 5.43. The molecule has 0 spiro atoms. The van der Waals surface area contributed by atoms with Gasteiger partial charge in [-0.25, -0.2) is 0 Å². The van der Waals surface area contributed by atoms with Gasteiger partial charge in [0.15, 0.2) is 0 Å². The maximum Gasteiger partial charge on any atom is 0.0680 e. The molecule has 0 unspecified atom stereocenters. The standard InChI is InChI=1S/C11H12N2S/c1-2-4-10(5-3-1)8-12-9-11-6-7-14-13-11/h1-7,12H,8-9H2. The Balaban J connectivity index is 1.79.